The van der Waals surface area contributed by atoms with E-state index in [4.69, 9.17) is 9.47 Å². The monoisotopic (exact) mass is 299 g/mol. The Bertz CT molecular complexity index is 462. The van der Waals surface area contributed by atoms with E-state index < -0.39 is 5.60 Å². The molecule has 0 radical (unpaired) electrons. The molecule has 0 saturated heterocycles. The number of thioether (sulfide) groups is 1. The third-order valence-corrected chi connectivity index (χ3v) is 3.64. The maximum atomic E-state index is 12.2. The van der Waals surface area contributed by atoms with Crippen molar-refractivity contribution in [3.8, 4) is 11.5 Å². The van der Waals surface area contributed by atoms with Crippen LogP contribution in [0, 0.1) is 0 Å². The summed E-state index contributed by atoms with van der Waals surface area (Å²) in [5.41, 5.74) is -0.562. The molecule has 2 N–H and O–H groups in total. The normalized spacial score (nSPS) is 13.4. The third-order valence-electron chi connectivity index (χ3n) is 2.73. The number of aliphatic hydroxyl groups is 1. The highest BCUT2D eigenvalue weighted by molar-refractivity contribution is 7.98. The van der Waals surface area contributed by atoms with Crippen LogP contribution in [0.2, 0.25) is 0 Å². The summed E-state index contributed by atoms with van der Waals surface area (Å²) in [6, 6.07) is 5.09. The summed E-state index contributed by atoms with van der Waals surface area (Å²) in [4.78, 5) is 12.2. The summed E-state index contributed by atoms with van der Waals surface area (Å²) >= 11 is 1.52. The van der Waals surface area contributed by atoms with Gasteiger partial charge in [-0.3, -0.25) is 4.79 Å². The molecule has 1 aromatic rings. The van der Waals surface area contributed by atoms with Crippen molar-refractivity contribution in [2.75, 3.05) is 32.8 Å². The maximum Gasteiger partial charge on any atom is 0.255 e. The molecule has 0 heterocycles. The van der Waals surface area contributed by atoms with E-state index >= 15 is 0 Å². The van der Waals surface area contributed by atoms with Crippen molar-refractivity contribution in [2.24, 2.45) is 0 Å². The van der Waals surface area contributed by atoms with E-state index in [1.165, 1.54) is 26.0 Å². The number of hydrogen-bond acceptors (Lipinski definition) is 5. The van der Waals surface area contributed by atoms with E-state index in [2.05, 4.69) is 5.32 Å². The lowest BCUT2D eigenvalue weighted by Crippen LogP contribution is -2.42. The van der Waals surface area contributed by atoms with Gasteiger partial charge < -0.3 is 19.9 Å². The Morgan fingerprint density at radius 1 is 1.40 bits per heavy atom. The smallest absolute Gasteiger partial charge is 0.255 e. The van der Waals surface area contributed by atoms with Crippen LogP contribution < -0.4 is 14.8 Å². The Hall–Kier alpha value is -1.40. The average Bonchev–Trinajstić information content (AvgIpc) is 2.43. The van der Waals surface area contributed by atoms with Gasteiger partial charge in [-0.05, 0) is 25.3 Å². The van der Waals surface area contributed by atoms with Crippen LogP contribution in [0.1, 0.15) is 17.3 Å². The molecule has 1 atom stereocenters. The molecule has 0 fully saturated rings. The Balaban J connectivity index is 2.83. The summed E-state index contributed by atoms with van der Waals surface area (Å²) in [6.07, 6.45) is 1.90. The zero-order valence-electron chi connectivity index (χ0n) is 12.2. The van der Waals surface area contributed by atoms with Gasteiger partial charge in [-0.1, -0.05) is 6.07 Å². The molecule has 1 rings (SSSR count). The predicted molar refractivity (Wildman–Crippen MR) is 80.9 cm³/mol. The highest BCUT2D eigenvalue weighted by Gasteiger charge is 2.22. The Kier molecular flexibility index (Phi) is 6.16. The lowest BCUT2D eigenvalue weighted by Gasteiger charge is -2.22. The minimum absolute atomic E-state index is 0.174. The van der Waals surface area contributed by atoms with Gasteiger partial charge in [-0.15, -0.1) is 0 Å². The average molecular weight is 299 g/mol. The van der Waals surface area contributed by atoms with Crippen molar-refractivity contribution >= 4 is 17.7 Å². The molecule has 112 valence electrons. The van der Waals surface area contributed by atoms with Crippen LogP contribution in [0.15, 0.2) is 18.2 Å². The molecule has 0 aliphatic carbocycles. The Morgan fingerprint density at radius 3 is 2.65 bits per heavy atom. The van der Waals surface area contributed by atoms with Crippen LogP contribution in [0.25, 0.3) is 0 Å². The lowest BCUT2D eigenvalue weighted by atomic mass is 10.1. The van der Waals surface area contributed by atoms with Crippen molar-refractivity contribution in [2.45, 2.75) is 12.5 Å². The van der Waals surface area contributed by atoms with Crippen LogP contribution in [0.3, 0.4) is 0 Å². The van der Waals surface area contributed by atoms with E-state index in [-0.39, 0.29) is 12.5 Å². The number of ether oxygens (including phenoxy) is 2. The minimum Gasteiger partial charge on any atom is -0.493 e. The molecular formula is C14H21NO4S. The molecule has 0 aliphatic heterocycles. The predicted octanol–water partition coefficient (Wildman–Crippen LogP) is 1.55. The van der Waals surface area contributed by atoms with Crippen LogP contribution in [0.5, 0.6) is 11.5 Å². The Morgan fingerprint density at radius 2 is 2.10 bits per heavy atom. The first-order valence-corrected chi connectivity index (χ1v) is 7.55. The molecule has 0 spiro atoms. The molecule has 1 amide bonds. The summed E-state index contributed by atoms with van der Waals surface area (Å²) in [5, 5.41) is 12.8. The summed E-state index contributed by atoms with van der Waals surface area (Å²) in [7, 11) is 3.00. The second kappa shape index (κ2) is 7.40. The standard InChI is InChI=1S/C14H21NO4S/c1-14(17,9-20-4)8-15-13(16)10-6-5-7-11(18-2)12(10)19-3/h5-7,17H,8-9H2,1-4H3,(H,15,16). The molecule has 5 nitrogen and oxygen atoms in total. The highest BCUT2D eigenvalue weighted by atomic mass is 32.2. The van der Waals surface area contributed by atoms with Crippen molar-refractivity contribution in [1.82, 2.24) is 5.32 Å². The van der Waals surface area contributed by atoms with Gasteiger partial charge in [0.15, 0.2) is 11.5 Å². The number of amides is 1. The van der Waals surface area contributed by atoms with Gasteiger partial charge in [0.05, 0.1) is 25.4 Å². The zero-order valence-corrected chi connectivity index (χ0v) is 13.0. The van der Waals surface area contributed by atoms with Gasteiger partial charge in [-0.25, -0.2) is 0 Å². The van der Waals surface area contributed by atoms with E-state index in [0.717, 1.165) is 0 Å². The summed E-state index contributed by atoms with van der Waals surface area (Å²) in [5.74, 6) is 1.12. The van der Waals surface area contributed by atoms with Gasteiger partial charge in [-0.2, -0.15) is 11.8 Å². The highest BCUT2D eigenvalue weighted by Crippen LogP contribution is 2.30. The fraction of sp³-hybridized carbons (Fsp3) is 0.500. The quantitative estimate of drug-likeness (QED) is 0.799. The van der Waals surface area contributed by atoms with Crippen LogP contribution in [-0.4, -0.2) is 49.4 Å². The number of para-hydroxylation sites is 1. The van der Waals surface area contributed by atoms with Crippen LogP contribution in [-0.2, 0) is 0 Å². The van der Waals surface area contributed by atoms with Crippen molar-refractivity contribution in [3.63, 3.8) is 0 Å². The molecule has 0 bridgehead atoms. The van der Waals surface area contributed by atoms with E-state index in [0.29, 0.717) is 22.8 Å². The molecule has 0 aromatic heterocycles. The molecule has 1 unspecified atom stereocenters. The van der Waals surface area contributed by atoms with E-state index in [9.17, 15) is 9.90 Å². The first-order chi connectivity index (χ1) is 9.45. The van der Waals surface area contributed by atoms with Crippen molar-refractivity contribution in [3.05, 3.63) is 23.8 Å². The van der Waals surface area contributed by atoms with Crippen LogP contribution >= 0.6 is 11.8 Å². The molecule has 20 heavy (non-hydrogen) atoms. The molecule has 0 saturated carbocycles. The number of nitrogens with one attached hydrogen (secondary N) is 1. The fourth-order valence-corrected chi connectivity index (χ4v) is 2.52. The van der Waals surface area contributed by atoms with Gasteiger partial charge in [0.1, 0.15) is 0 Å². The molecular weight excluding hydrogens is 278 g/mol. The number of benzene rings is 1. The second-order valence-electron chi connectivity index (χ2n) is 4.65. The van der Waals surface area contributed by atoms with Crippen molar-refractivity contribution < 1.29 is 19.4 Å². The number of hydrogen-bond donors (Lipinski definition) is 2. The van der Waals surface area contributed by atoms with E-state index in [1.807, 2.05) is 6.26 Å². The van der Waals surface area contributed by atoms with Crippen molar-refractivity contribution in [1.29, 1.82) is 0 Å². The SMILES string of the molecule is COc1cccc(C(=O)NCC(C)(O)CSC)c1OC. The van der Waals surface area contributed by atoms with Gasteiger partial charge >= 0.3 is 0 Å². The largest absolute Gasteiger partial charge is 0.493 e. The maximum absolute atomic E-state index is 12.2. The first kappa shape index (κ1) is 16.7. The third kappa shape index (κ3) is 4.31. The van der Waals surface area contributed by atoms with Gasteiger partial charge in [0.2, 0.25) is 0 Å². The number of carbonyl (C=O) groups excluding carboxylic acids is 1. The first-order valence-electron chi connectivity index (χ1n) is 6.15. The van der Waals surface area contributed by atoms with E-state index in [1.54, 1.807) is 25.1 Å². The van der Waals surface area contributed by atoms with Gasteiger partial charge in [0.25, 0.3) is 5.91 Å². The van der Waals surface area contributed by atoms with Crippen LogP contribution in [0.4, 0.5) is 0 Å². The van der Waals surface area contributed by atoms with Gasteiger partial charge in [0, 0.05) is 12.3 Å². The number of rotatable bonds is 7. The minimum atomic E-state index is -0.943. The number of methoxy groups -OCH3 is 2. The summed E-state index contributed by atoms with van der Waals surface area (Å²) < 4.78 is 10.4. The summed E-state index contributed by atoms with van der Waals surface area (Å²) in [6.45, 7) is 1.86. The second-order valence-corrected chi connectivity index (χ2v) is 5.52. The lowest BCUT2D eigenvalue weighted by molar-refractivity contribution is 0.0723. The fourth-order valence-electron chi connectivity index (χ4n) is 1.79. The number of carbonyl (C=O) groups is 1. The molecule has 6 heteroatoms. The zero-order chi connectivity index (χ0) is 15.2. The molecule has 0 aliphatic rings. The topological polar surface area (TPSA) is 67.8 Å². The Labute approximate surface area is 123 Å². The molecule has 1 aromatic carbocycles.